The van der Waals surface area contributed by atoms with Crippen molar-refractivity contribution in [2.24, 2.45) is 11.8 Å². The third-order valence-corrected chi connectivity index (χ3v) is 6.41. The molecule has 1 amide bonds. The van der Waals surface area contributed by atoms with Gasteiger partial charge in [0.25, 0.3) is 5.91 Å². The first kappa shape index (κ1) is 20.0. The van der Waals surface area contributed by atoms with Crippen LogP contribution in [0.2, 0.25) is 0 Å². The van der Waals surface area contributed by atoms with E-state index < -0.39 is 0 Å². The molecular weight excluding hydrogens is 358 g/mol. The van der Waals surface area contributed by atoms with Crippen LogP contribution in [0.1, 0.15) is 43.0 Å². The van der Waals surface area contributed by atoms with Crippen molar-refractivity contribution in [3.05, 3.63) is 60.2 Å². The number of anilines is 2. The van der Waals surface area contributed by atoms with Crippen LogP contribution in [0.4, 0.5) is 11.4 Å². The Hall–Kier alpha value is -2.33. The average Bonchev–Trinajstić information content (AvgIpc) is 2.76. The smallest absolute Gasteiger partial charge is 0.255 e. The summed E-state index contributed by atoms with van der Waals surface area (Å²) in [6.45, 7) is 7.68. The topological polar surface area (TPSA) is 35.6 Å². The van der Waals surface area contributed by atoms with Crippen molar-refractivity contribution in [1.82, 2.24) is 9.80 Å². The maximum absolute atomic E-state index is 13.4. The van der Waals surface area contributed by atoms with Crippen LogP contribution in [-0.2, 0) is 0 Å². The van der Waals surface area contributed by atoms with E-state index in [4.69, 9.17) is 0 Å². The largest absolute Gasteiger partial charge is 0.355 e. The van der Waals surface area contributed by atoms with Gasteiger partial charge in [-0.15, -0.1) is 0 Å². The van der Waals surface area contributed by atoms with E-state index in [1.807, 2.05) is 54.6 Å². The highest BCUT2D eigenvalue weighted by Gasteiger charge is 2.28. The number of carbonyl (C=O) groups excluding carboxylic acids is 1. The van der Waals surface area contributed by atoms with Crippen LogP contribution in [0, 0.1) is 11.8 Å². The van der Waals surface area contributed by atoms with E-state index in [0.717, 1.165) is 48.9 Å². The number of nitrogens with zero attached hydrogens (tertiary/aromatic N) is 2. The van der Waals surface area contributed by atoms with Gasteiger partial charge >= 0.3 is 0 Å². The van der Waals surface area contributed by atoms with Crippen molar-refractivity contribution in [1.29, 1.82) is 0 Å². The number of carbonyl (C=O) groups is 1. The quantitative estimate of drug-likeness (QED) is 0.778. The monoisotopic (exact) mass is 391 g/mol. The van der Waals surface area contributed by atoms with Gasteiger partial charge in [0.15, 0.2) is 0 Å². The lowest BCUT2D eigenvalue weighted by Gasteiger charge is -2.38. The highest BCUT2D eigenvalue weighted by atomic mass is 16.2. The molecule has 1 N–H and O–H groups in total. The Morgan fingerprint density at radius 1 is 0.966 bits per heavy atom. The van der Waals surface area contributed by atoms with Gasteiger partial charge in [-0.2, -0.15) is 0 Å². The lowest BCUT2D eigenvalue weighted by molar-refractivity contribution is 0.0623. The zero-order valence-electron chi connectivity index (χ0n) is 17.5. The highest BCUT2D eigenvalue weighted by Crippen LogP contribution is 2.26. The summed E-state index contributed by atoms with van der Waals surface area (Å²) in [6.07, 6.45) is 4.97. The van der Waals surface area contributed by atoms with Gasteiger partial charge in [-0.1, -0.05) is 37.3 Å². The van der Waals surface area contributed by atoms with Crippen molar-refractivity contribution in [2.75, 3.05) is 38.0 Å². The molecule has 2 aliphatic rings. The minimum Gasteiger partial charge on any atom is -0.355 e. The number of piperidine rings is 2. The molecule has 29 heavy (non-hydrogen) atoms. The van der Waals surface area contributed by atoms with Crippen molar-refractivity contribution in [3.63, 3.8) is 0 Å². The molecule has 2 aromatic carbocycles. The van der Waals surface area contributed by atoms with Gasteiger partial charge in [0.2, 0.25) is 0 Å². The van der Waals surface area contributed by atoms with E-state index in [9.17, 15) is 4.79 Å². The molecule has 0 aliphatic carbocycles. The summed E-state index contributed by atoms with van der Waals surface area (Å²) in [6, 6.07) is 17.9. The minimum absolute atomic E-state index is 0.154. The number of nitrogens with one attached hydrogen (secondary N) is 1. The van der Waals surface area contributed by atoms with E-state index in [1.165, 1.54) is 32.4 Å². The molecule has 154 valence electrons. The SMILES string of the molecule is CC1CCN(CC2CCCN(C(=O)c3ccccc3Nc3ccccc3)C2)CC1. The Labute approximate surface area is 174 Å². The molecule has 1 atom stereocenters. The lowest BCUT2D eigenvalue weighted by Crippen LogP contribution is -2.45. The molecule has 0 spiro atoms. The molecule has 2 heterocycles. The number of amides is 1. The van der Waals surface area contributed by atoms with Crippen molar-refractivity contribution < 1.29 is 4.79 Å². The number of likely N-dealkylation sites (tertiary alicyclic amines) is 2. The van der Waals surface area contributed by atoms with Crippen LogP contribution in [0.15, 0.2) is 54.6 Å². The van der Waals surface area contributed by atoms with E-state index in [0.29, 0.717) is 5.92 Å². The van der Waals surface area contributed by atoms with E-state index in [2.05, 4.69) is 22.0 Å². The van der Waals surface area contributed by atoms with Crippen LogP contribution in [-0.4, -0.2) is 48.4 Å². The molecule has 2 fully saturated rings. The van der Waals surface area contributed by atoms with Crippen LogP contribution < -0.4 is 5.32 Å². The molecule has 2 aromatic rings. The molecule has 4 rings (SSSR count). The summed E-state index contributed by atoms with van der Waals surface area (Å²) in [4.78, 5) is 18.1. The van der Waals surface area contributed by atoms with Crippen molar-refractivity contribution in [2.45, 2.75) is 32.6 Å². The van der Waals surface area contributed by atoms with Gasteiger partial charge in [0.05, 0.1) is 11.3 Å². The third kappa shape index (κ3) is 5.18. The number of para-hydroxylation sites is 2. The van der Waals surface area contributed by atoms with Gasteiger partial charge in [0.1, 0.15) is 0 Å². The summed E-state index contributed by atoms with van der Waals surface area (Å²) >= 11 is 0. The van der Waals surface area contributed by atoms with E-state index >= 15 is 0 Å². The third-order valence-electron chi connectivity index (χ3n) is 6.41. The van der Waals surface area contributed by atoms with Gasteiger partial charge < -0.3 is 15.1 Å². The van der Waals surface area contributed by atoms with E-state index in [1.54, 1.807) is 0 Å². The summed E-state index contributed by atoms with van der Waals surface area (Å²) in [5, 5.41) is 3.42. The summed E-state index contributed by atoms with van der Waals surface area (Å²) in [5.41, 5.74) is 2.66. The predicted octanol–water partition coefficient (Wildman–Crippen LogP) is 5.01. The summed E-state index contributed by atoms with van der Waals surface area (Å²) < 4.78 is 0. The number of hydrogen-bond donors (Lipinski definition) is 1. The zero-order chi connectivity index (χ0) is 20.1. The van der Waals surface area contributed by atoms with Crippen LogP contribution in [0.3, 0.4) is 0 Å². The van der Waals surface area contributed by atoms with Gasteiger partial charge in [-0.25, -0.2) is 0 Å². The van der Waals surface area contributed by atoms with E-state index in [-0.39, 0.29) is 5.91 Å². The normalized spacial score (nSPS) is 21.1. The molecular formula is C25H33N3O. The fourth-order valence-electron chi connectivity index (χ4n) is 4.63. The molecule has 4 nitrogen and oxygen atoms in total. The minimum atomic E-state index is 0.154. The van der Waals surface area contributed by atoms with Crippen LogP contribution in [0.5, 0.6) is 0 Å². The fraction of sp³-hybridized carbons (Fsp3) is 0.480. The second kappa shape index (κ2) is 9.45. The lowest BCUT2D eigenvalue weighted by atomic mass is 9.94. The molecule has 2 aliphatic heterocycles. The molecule has 1 unspecified atom stereocenters. The highest BCUT2D eigenvalue weighted by molar-refractivity contribution is 6.00. The predicted molar refractivity (Wildman–Crippen MR) is 120 cm³/mol. The average molecular weight is 392 g/mol. The summed E-state index contributed by atoms with van der Waals surface area (Å²) in [5.74, 6) is 1.61. The molecule has 0 radical (unpaired) electrons. The molecule has 0 saturated carbocycles. The van der Waals surface area contributed by atoms with Gasteiger partial charge in [-0.05, 0) is 74.9 Å². The molecule has 4 heteroatoms. The Morgan fingerprint density at radius 3 is 2.48 bits per heavy atom. The van der Waals surface area contributed by atoms with Gasteiger partial charge in [0, 0.05) is 25.3 Å². The number of hydrogen-bond acceptors (Lipinski definition) is 3. The Morgan fingerprint density at radius 2 is 1.69 bits per heavy atom. The number of benzene rings is 2. The first-order valence-electron chi connectivity index (χ1n) is 11.1. The molecule has 0 bridgehead atoms. The second-order valence-corrected chi connectivity index (χ2v) is 8.78. The fourth-order valence-corrected chi connectivity index (χ4v) is 4.63. The van der Waals surface area contributed by atoms with Crippen molar-refractivity contribution >= 4 is 17.3 Å². The Balaban J connectivity index is 1.41. The Bertz CT molecular complexity index is 799. The summed E-state index contributed by atoms with van der Waals surface area (Å²) in [7, 11) is 0. The molecule has 2 saturated heterocycles. The second-order valence-electron chi connectivity index (χ2n) is 8.78. The van der Waals surface area contributed by atoms with Crippen LogP contribution >= 0.6 is 0 Å². The van der Waals surface area contributed by atoms with Crippen LogP contribution in [0.25, 0.3) is 0 Å². The maximum Gasteiger partial charge on any atom is 0.255 e. The number of rotatable bonds is 5. The zero-order valence-corrected chi connectivity index (χ0v) is 17.5. The molecule has 0 aromatic heterocycles. The van der Waals surface area contributed by atoms with Gasteiger partial charge in [-0.3, -0.25) is 4.79 Å². The maximum atomic E-state index is 13.4. The standard InChI is InChI=1S/C25H33N3O/c1-20-13-16-27(17-14-20)18-21-8-7-15-28(19-21)25(29)23-11-5-6-12-24(23)26-22-9-3-2-4-10-22/h2-6,9-12,20-21,26H,7-8,13-19H2,1H3. The Kier molecular flexibility index (Phi) is 6.50. The first-order chi connectivity index (χ1) is 14.2. The first-order valence-corrected chi connectivity index (χ1v) is 11.1. The van der Waals surface area contributed by atoms with Crippen molar-refractivity contribution in [3.8, 4) is 0 Å².